The Morgan fingerprint density at radius 3 is 3.09 bits per heavy atom. The highest BCUT2D eigenvalue weighted by Gasteiger charge is 2.35. The zero-order valence-electron chi connectivity index (χ0n) is 12.9. The second kappa shape index (κ2) is 5.11. The van der Waals surface area contributed by atoms with Crippen LogP contribution in [-0.2, 0) is 17.8 Å². The van der Waals surface area contributed by atoms with Gasteiger partial charge in [0.1, 0.15) is 0 Å². The number of nitrogens with two attached hydrogens (primary N) is 1. The van der Waals surface area contributed by atoms with Crippen molar-refractivity contribution in [3.8, 4) is 0 Å². The molecule has 0 saturated heterocycles. The molecule has 2 aliphatic rings. The van der Waals surface area contributed by atoms with E-state index in [-0.39, 0.29) is 5.91 Å². The smallest absolute Gasteiger partial charge is 0.248 e. The van der Waals surface area contributed by atoms with Crippen molar-refractivity contribution >= 4 is 16.8 Å². The number of hydrazine groups is 1. The molecule has 0 radical (unpaired) electrons. The van der Waals surface area contributed by atoms with Gasteiger partial charge in [0.15, 0.2) is 0 Å². The number of aromatic nitrogens is 1. The van der Waals surface area contributed by atoms with E-state index in [4.69, 9.17) is 5.84 Å². The molecule has 0 unspecified atom stereocenters. The Labute approximate surface area is 130 Å². The quantitative estimate of drug-likeness (QED) is 0.503. The summed E-state index contributed by atoms with van der Waals surface area (Å²) in [4.78, 5) is 14.0. The average molecular weight is 298 g/mol. The fourth-order valence-electron chi connectivity index (χ4n) is 4.21. The van der Waals surface area contributed by atoms with Gasteiger partial charge in [0, 0.05) is 29.7 Å². The molecule has 4 rings (SSSR count). The number of rotatable bonds is 2. The first-order valence-corrected chi connectivity index (χ1v) is 8.04. The average Bonchev–Trinajstić information content (AvgIpc) is 2.85. The third-order valence-corrected chi connectivity index (χ3v) is 5.15. The number of hydrogen-bond donors (Lipinski definition) is 2. The monoisotopic (exact) mass is 298 g/mol. The van der Waals surface area contributed by atoms with E-state index in [2.05, 4.69) is 40.0 Å². The van der Waals surface area contributed by atoms with Crippen LogP contribution in [0.1, 0.15) is 35.7 Å². The predicted octanol–water partition coefficient (Wildman–Crippen LogP) is 1.63. The van der Waals surface area contributed by atoms with E-state index in [0.29, 0.717) is 12.6 Å². The number of benzene rings is 1. The summed E-state index contributed by atoms with van der Waals surface area (Å²) in [6.45, 7) is 4.40. The molecule has 0 fully saturated rings. The number of nitrogens with one attached hydrogen (secondary N) is 1. The second-order valence-electron chi connectivity index (χ2n) is 6.48. The second-order valence-corrected chi connectivity index (χ2v) is 6.48. The fraction of sp³-hybridized carbons (Fsp3) is 0.471. The lowest BCUT2D eigenvalue weighted by molar-refractivity contribution is -0.123. The Kier molecular flexibility index (Phi) is 3.20. The van der Waals surface area contributed by atoms with Gasteiger partial charge in [-0.1, -0.05) is 11.6 Å². The van der Waals surface area contributed by atoms with Crippen LogP contribution in [-0.4, -0.2) is 28.5 Å². The number of amides is 1. The lowest BCUT2D eigenvalue weighted by Gasteiger charge is -2.39. The van der Waals surface area contributed by atoms with Crippen LogP contribution in [0.5, 0.6) is 0 Å². The summed E-state index contributed by atoms with van der Waals surface area (Å²) in [5.74, 6) is 5.16. The highest BCUT2D eigenvalue weighted by Crippen LogP contribution is 2.42. The number of hydrogen-bond acceptors (Lipinski definition) is 3. The molecule has 22 heavy (non-hydrogen) atoms. The number of nitrogens with zero attached hydrogens (tertiary/aromatic N) is 2. The van der Waals surface area contributed by atoms with Crippen molar-refractivity contribution in [2.45, 2.75) is 38.8 Å². The summed E-state index contributed by atoms with van der Waals surface area (Å²) >= 11 is 0. The van der Waals surface area contributed by atoms with E-state index in [9.17, 15) is 4.79 Å². The van der Waals surface area contributed by atoms with Crippen molar-refractivity contribution in [1.29, 1.82) is 0 Å². The van der Waals surface area contributed by atoms with Crippen LogP contribution in [0.3, 0.4) is 0 Å². The van der Waals surface area contributed by atoms with E-state index < -0.39 is 0 Å². The maximum atomic E-state index is 11.7. The largest absolute Gasteiger partial charge is 0.342 e. The summed E-state index contributed by atoms with van der Waals surface area (Å²) in [7, 11) is 0. The molecule has 2 aromatic rings. The van der Waals surface area contributed by atoms with E-state index in [1.54, 1.807) is 0 Å². The Bertz CT molecular complexity index is 749. The van der Waals surface area contributed by atoms with Crippen LogP contribution < -0.4 is 11.3 Å². The van der Waals surface area contributed by atoms with Crippen molar-refractivity contribution in [2.75, 3.05) is 13.1 Å². The third-order valence-electron chi connectivity index (χ3n) is 5.15. The molecular weight excluding hydrogens is 276 g/mol. The minimum absolute atomic E-state index is 0.104. The number of fused-ring (bicyclic) bond motifs is 3. The summed E-state index contributed by atoms with van der Waals surface area (Å²) in [6, 6.07) is 7.11. The van der Waals surface area contributed by atoms with Crippen LogP contribution >= 0.6 is 0 Å². The van der Waals surface area contributed by atoms with Crippen LogP contribution in [0.2, 0.25) is 0 Å². The first-order chi connectivity index (χ1) is 10.7. The van der Waals surface area contributed by atoms with Crippen LogP contribution in [0.15, 0.2) is 18.2 Å². The number of carbonyl (C=O) groups excluding carboxylic acids is 1. The first kappa shape index (κ1) is 13.8. The molecule has 1 aromatic heterocycles. The van der Waals surface area contributed by atoms with Crippen molar-refractivity contribution in [3.05, 3.63) is 35.0 Å². The molecular formula is C17H22N4O. The molecule has 5 heteroatoms. The molecule has 116 valence electrons. The maximum Gasteiger partial charge on any atom is 0.248 e. The van der Waals surface area contributed by atoms with Gasteiger partial charge in [0.05, 0.1) is 12.6 Å². The molecule has 0 saturated carbocycles. The lowest BCUT2D eigenvalue weighted by Crippen LogP contribution is -2.46. The third kappa shape index (κ3) is 1.96. The molecule has 1 aliphatic heterocycles. The van der Waals surface area contributed by atoms with E-state index in [0.717, 1.165) is 25.9 Å². The summed E-state index contributed by atoms with van der Waals surface area (Å²) in [5, 5.41) is 1.41. The van der Waals surface area contributed by atoms with Gasteiger partial charge < -0.3 is 4.57 Å². The van der Waals surface area contributed by atoms with Gasteiger partial charge in [-0.15, -0.1) is 0 Å². The van der Waals surface area contributed by atoms with E-state index in [1.165, 1.54) is 34.1 Å². The van der Waals surface area contributed by atoms with Gasteiger partial charge in [0.2, 0.25) is 5.91 Å². The van der Waals surface area contributed by atoms with Gasteiger partial charge in [-0.3, -0.25) is 15.1 Å². The standard InChI is InChI=1S/C17H22N4O/c1-11-5-6-14-13(9-11)12-3-2-4-15-17(12)21(14)8-7-20(15)10-16(22)19-18/h5-6,9,15H,2-4,7-8,10,18H2,1H3,(H,19,22)/t15-/m1/s1. The SMILES string of the molecule is Cc1ccc2c(c1)c1c3n2CCN(CC(=O)NN)[C@@H]3CCC1. The molecule has 1 aliphatic carbocycles. The Morgan fingerprint density at radius 2 is 2.27 bits per heavy atom. The van der Waals surface area contributed by atoms with Crippen LogP contribution in [0.25, 0.3) is 10.9 Å². The highest BCUT2D eigenvalue weighted by atomic mass is 16.2. The molecule has 0 bridgehead atoms. The number of carbonyl (C=O) groups is 1. The Morgan fingerprint density at radius 1 is 1.41 bits per heavy atom. The van der Waals surface area contributed by atoms with E-state index >= 15 is 0 Å². The maximum absolute atomic E-state index is 11.7. The lowest BCUT2D eigenvalue weighted by atomic mass is 9.89. The molecule has 1 atom stereocenters. The number of aryl methyl sites for hydroxylation is 2. The summed E-state index contributed by atoms with van der Waals surface area (Å²) in [5.41, 5.74) is 7.85. The zero-order chi connectivity index (χ0) is 15.3. The molecule has 2 heterocycles. The van der Waals surface area contributed by atoms with Crippen molar-refractivity contribution in [1.82, 2.24) is 14.9 Å². The van der Waals surface area contributed by atoms with Gasteiger partial charge in [-0.05, 0) is 43.9 Å². The minimum atomic E-state index is -0.104. The molecule has 1 aromatic carbocycles. The summed E-state index contributed by atoms with van der Waals surface area (Å²) < 4.78 is 2.48. The van der Waals surface area contributed by atoms with Crippen molar-refractivity contribution < 1.29 is 4.79 Å². The minimum Gasteiger partial charge on any atom is -0.342 e. The topological polar surface area (TPSA) is 63.3 Å². The molecule has 0 spiro atoms. The van der Waals surface area contributed by atoms with Gasteiger partial charge in [0.25, 0.3) is 0 Å². The van der Waals surface area contributed by atoms with Crippen molar-refractivity contribution in [2.24, 2.45) is 5.84 Å². The molecule has 5 nitrogen and oxygen atoms in total. The molecule has 1 amide bonds. The first-order valence-electron chi connectivity index (χ1n) is 8.04. The molecule has 3 N–H and O–H groups in total. The fourth-order valence-corrected chi connectivity index (χ4v) is 4.21. The Balaban J connectivity index is 1.83. The van der Waals surface area contributed by atoms with Crippen LogP contribution in [0, 0.1) is 6.92 Å². The Hall–Kier alpha value is -1.85. The van der Waals surface area contributed by atoms with Gasteiger partial charge in [-0.2, -0.15) is 0 Å². The van der Waals surface area contributed by atoms with Crippen molar-refractivity contribution in [3.63, 3.8) is 0 Å². The normalized spacial score (nSPS) is 20.9. The summed E-state index contributed by atoms with van der Waals surface area (Å²) in [6.07, 6.45) is 3.46. The highest BCUT2D eigenvalue weighted by molar-refractivity contribution is 5.87. The van der Waals surface area contributed by atoms with E-state index in [1.807, 2.05) is 0 Å². The van der Waals surface area contributed by atoms with Crippen LogP contribution in [0.4, 0.5) is 0 Å². The van der Waals surface area contributed by atoms with Gasteiger partial charge in [-0.25, -0.2) is 5.84 Å². The zero-order valence-corrected chi connectivity index (χ0v) is 12.9. The predicted molar refractivity (Wildman–Crippen MR) is 86.3 cm³/mol. The van der Waals surface area contributed by atoms with Gasteiger partial charge >= 0.3 is 0 Å².